The number of amides is 1. The topological polar surface area (TPSA) is 29.1 Å². The Hall–Kier alpha value is -0.470. The van der Waals surface area contributed by atoms with E-state index in [0.29, 0.717) is 11.8 Å². The average molecular weight is 370 g/mol. The van der Waals surface area contributed by atoms with Gasteiger partial charge in [-0.3, -0.25) is 4.79 Å². The molecule has 0 radical (unpaired) electrons. The van der Waals surface area contributed by atoms with Crippen LogP contribution in [0, 0.1) is 17.8 Å². The van der Waals surface area contributed by atoms with Crippen molar-refractivity contribution in [1.29, 1.82) is 0 Å². The number of carbonyl (C=O) groups excluding carboxylic acids is 1. The first-order chi connectivity index (χ1) is 9.07. The number of rotatable bonds is 4. The third kappa shape index (κ3) is 4.53. The fourth-order valence-corrected chi connectivity index (χ4v) is 3.25. The van der Waals surface area contributed by atoms with Crippen LogP contribution < -0.4 is 5.32 Å². The van der Waals surface area contributed by atoms with Crippen molar-refractivity contribution in [3.05, 3.63) is 0 Å². The summed E-state index contributed by atoms with van der Waals surface area (Å²) in [6.45, 7) is -0.155. The van der Waals surface area contributed by atoms with Crippen LogP contribution in [0.25, 0.3) is 0 Å². The summed E-state index contributed by atoms with van der Waals surface area (Å²) < 4.78 is 73.9. The molecule has 2 atom stereocenters. The zero-order valence-corrected chi connectivity index (χ0v) is 11.9. The van der Waals surface area contributed by atoms with Crippen LogP contribution in [-0.4, -0.2) is 30.1 Å². The average Bonchev–Trinajstić information content (AvgIpc) is 2.69. The smallest absolute Gasteiger partial charge is 0.355 e. The second-order valence-corrected chi connectivity index (χ2v) is 5.51. The van der Waals surface area contributed by atoms with Crippen LogP contribution in [-0.2, 0) is 4.79 Å². The normalized spacial score (nSPS) is 24.2. The van der Waals surface area contributed by atoms with E-state index in [2.05, 4.69) is 15.9 Å². The number of halogens is 7. The van der Waals surface area contributed by atoms with Gasteiger partial charge in [-0.15, -0.1) is 0 Å². The van der Waals surface area contributed by atoms with Crippen molar-refractivity contribution >= 4 is 21.8 Å². The Morgan fingerprint density at radius 1 is 1.10 bits per heavy atom. The molecule has 0 saturated heterocycles. The fraction of sp³-hybridized carbons (Fsp3) is 0.909. The lowest BCUT2D eigenvalue weighted by Crippen LogP contribution is -2.49. The molecular weight excluding hydrogens is 356 g/mol. The molecule has 0 heterocycles. The van der Waals surface area contributed by atoms with E-state index in [-0.39, 0.29) is 18.4 Å². The molecule has 20 heavy (non-hydrogen) atoms. The lowest BCUT2D eigenvalue weighted by atomic mass is 9.97. The largest absolute Gasteiger partial charge is 0.409 e. The zero-order valence-electron chi connectivity index (χ0n) is 10.3. The van der Waals surface area contributed by atoms with Crippen LogP contribution in [0.3, 0.4) is 0 Å². The fourth-order valence-electron chi connectivity index (χ4n) is 2.40. The summed E-state index contributed by atoms with van der Waals surface area (Å²) in [4.78, 5) is 11.2. The summed E-state index contributed by atoms with van der Waals surface area (Å²) in [5, 5.41) is 2.42. The maximum atomic E-state index is 12.3. The van der Waals surface area contributed by atoms with E-state index in [1.165, 1.54) is 0 Å². The van der Waals surface area contributed by atoms with E-state index < -0.39 is 24.2 Å². The molecule has 2 nitrogen and oxygen atoms in total. The zero-order chi connectivity index (χ0) is 15.6. The van der Waals surface area contributed by atoms with Gasteiger partial charge in [-0.2, -0.15) is 26.3 Å². The second kappa shape index (κ2) is 6.53. The van der Waals surface area contributed by atoms with Gasteiger partial charge in [0.2, 0.25) is 11.8 Å². The monoisotopic (exact) mass is 369 g/mol. The van der Waals surface area contributed by atoms with E-state index >= 15 is 0 Å². The van der Waals surface area contributed by atoms with E-state index in [1.54, 1.807) is 5.32 Å². The predicted molar refractivity (Wildman–Crippen MR) is 63.2 cm³/mol. The number of alkyl halides is 7. The van der Waals surface area contributed by atoms with Gasteiger partial charge in [-0.05, 0) is 24.7 Å². The molecule has 1 fully saturated rings. The number of hydrogen-bond donors (Lipinski definition) is 1. The molecule has 0 spiro atoms. The van der Waals surface area contributed by atoms with Gasteiger partial charge in [0, 0.05) is 11.9 Å². The predicted octanol–water partition coefficient (Wildman–Crippen LogP) is 3.65. The van der Waals surface area contributed by atoms with Crippen molar-refractivity contribution in [1.82, 2.24) is 5.32 Å². The Bertz CT molecular complexity index is 329. The van der Waals surface area contributed by atoms with Gasteiger partial charge in [0.25, 0.3) is 0 Å². The van der Waals surface area contributed by atoms with E-state index in [9.17, 15) is 31.1 Å². The molecule has 0 aromatic rings. The molecule has 1 aliphatic carbocycles. The Morgan fingerprint density at radius 3 is 2.05 bits per heavy atom. The Balaban J connectivity index is 2.64. The molecule has 2 unspecified atom stereocenters. The number of hydrogen-bond acceptors (Lipinski definition) is 1. The number of nitrogens with one attached hydrogen (secondary N) is 1. The summed E-state index contributed by atoms with van der Waals surface area (Å²) in [6, 6.07) is 0. The van der Waals surface area contributed by atoms with Crippen LogP contribution in [0.4, 0.5) is 26.3 Å². The molecule has 1 aliphatic rings. The Morgan fingerprint density at radius 2 is 1.60 bits per heavy atom. The van der Waals surface area contributed by atoms with E-state index in [0.717, 1.165) is 12.8 Å². The maximum absolute atomic E-state index is 12.3. The first-order valence-corrected chi connectivity index (χ1v) is 7.16. The number of carbonyl (C=O) groups is 1. The lowest BCUT2D eigenvalue weighted by Gasteiger charge is -2.24. The minimum atomic E-state index is -5.63. The second-order valence-electron chi connectivity index (χ2n) is 4.87. The molecule has 1 amide bonds. The standard InChI is InChI=1S/C11H14BrF6NO/c12-4-6-2-1-3-7(6)5-19-9(20)8(10(13,14)15)11(16,17)18/h6-8H,1-5H2,(H,19,20). The summed E-state index contributed by atoms with van der Waals surface area (Å²) in [5.74, 6) is -5.89. The first kappa shape index (κ1) is 17.6. The Labute approximate surface area is 120 Å². The van der Waals surface area contributed by atoms with Gasteiger partial charge in [0.1, 0.15) is 0 Å². The van der Waals surface area contributed by atoms with Crippen molar-refractivity contribution in [3.63, 3.8) is 0 Å². The van der Waals surface area contributed by atoms with Crippen molar-refractivity contribution in [3.8, 4) is 0 Å². The molecule has 118 valence electrons. The molecule has 0 aromatic heterocycles. The molecule has 0 aliphatic heterocycles. The van der Waals surface area contributed by atoms with Gasteiger partial charge in [0.05, 0.1) is 0 Å². The molecule has 0 aromatic carbocycles. The highest BCUT2D eigenvalue weighted by molar-refractivity contribution is 9.09. The molecule has 1 saturated carbocycles. The highest BCUT2D eigenvalue weighted by Gasteiger charge is 2.61. The minimum Gasteiger partial charge on any atom is -0.355 e. The molecular formula is C11H14BrF6NO. The summed E-state index contributed by atoms with van der Waals surface area (Å²) >= 11 is 3.24. The maximum Gasteiger partial charge on any atom is 0.409 e. The van der Waals surface area contributed by atoms with Crippen LogP contribution >= 0.6 is 15.9 Å². The van der Waals surface area contributed by atoms with Crippen molar-refractivity contribution in [2.24, 2.45) is 17.8 Å². The first-order valence-electron chi connectivity index (χ1n) is 6.04. The highest BCUT2D eigenvalue weighted by Crippen LogP contribution is 2.39. The lowest BCUT2D eigenvalue weighted by molar-refractivity contribution is -0.274. The van der Waals surface area contributed by atoms with Crippen molar-refractivity contribution < 1.29 is 31.1 Å². The molecule has 1 rings (SSSR count). The van der Waals surface area contributed by atoms with Gasteiger partial charge in [-0.25, -0.2) is 0 Å². The molecule has 0 bridgehead atoms. The van der Waals surface area contributed by atoms with Crippen LogP contribution in [0.1, 0.15) is 19.3 Å². The Kier molecular flexibility index (Phi) is 5.74. The third-order valence-electron chi connectivity index (χ3n) is 3.47. The highest BCUT2D eigenvalue weighted by atomic mass is 79.9. The van der Waals surface area contributed by atoms with Crippen LogP contribution in [0.2, 0.25) is 0 Å². The van der Waals surface area contributed by atoms with E-state index in [1.807, 2.05) is 0 Å². The molecule has 9 heteroatoms. The summed E-state index contributed by atoms with van der Waals surface area (Å²) in [6.07, 6.45) is -8.86. The van der Waals surface area contributed by atoms with Crippen molar-refractivity contribution in [2.45, 2.75) is 31.6 Å². The van der Waals surface area contributed by atoms with E-state index in [4.69, 9.17) is 0 Å². The summed E-state index contributed by atoms with van der Waals surface area (Å²) in [5.41, 5.74) is 0. The van der Waals surface area contributed by atoms with Gasteiger partial charge in [-0.1, -0.05) is 22.4 Å². The summed E-state index contributed by atoms with van der Waals surface area (Å²) in [7, 11) is 0. The van der Waals surface area contributed by atoms with Gasteiger partial charge in [0.15, 0.2) is 0 Å². The molecule has 1 N–H and O–H groups in total. The van der Waals surface area contributed by atoms with Gasteiger partial charge >= 0.3 is 12.4 Å². The minimum absolute atomic E-state index is 0.0829. The SMILES string of the molecule is O=C(NCC1CCCC1CBr)C(C(F)(F)F)C(F)(F)F. The quantitative estimate of drug-likeness (QED) is 0.594. The van der Waals surface area contributed by atoms with Crippen molar-refractivity contribution in [2.75, 3.05) is 11.9 Å². The van der Waals surface area contributed by atoms with Gasteiger partial charge < -0.3 is 5.32 Å². The third-order valence-corrected chi connectivity index (χ3v) is 4.30. The van der Waals surface area contributed by atoms with Crippen LogP contribution in [0.15, 0.2) is 0 Å². The van der Waals surface area contributed by atoms with Crippen LogP contribution in [0.5, 0.6) is 0 Å².